The topological polar surface area (TPSA) is 83.6 Å². The average molecular weight is 407 g/mol. The maximum Gasteiger partial charge on any atom is 0.251 e. The second-order valence-electron chi connectivity index (χ2n) is 7.68. The highest BCUT2D eigenvalue weighted by Crippen LogP contribution is 2.18. The lowest BCUT2D eigenvalue weighted by molar-refractivity contribution is 0.0950. The third kappa shape index (κ3) is 4.14. The van der Waals surface area contributed by atoms with Crippen LogP contribution < -0.4 is 5.32 Å². The van der Waals surface area contributed by atoms with Gasteiger partial charge < -0.3 is 10.3 Å². The van der Waals surface area contributed by atoms with E-state index in [4.69, 9.17) is 0 Å². The second kappa shape index (κ2) is 7.99. The number of aromatic amines is 1. The van der Waals surface area contributed by atoms with E-state index in [2.05, 4.69) is 43.5 Å². The molecule has 0 aliphatic rings. The van der Waals surface area contributed by atoms with E-state index >= 15 is 0 Å². The Balaban J connectivity index is 1.29. The van der Waals surface area contributed by atoms with Gasteiger partial charge in [-0.25, -0.2) is 0 Å². The van der Waals surface area contributed by atoms with Crippen LogP contribution in [0.2, 0.25) is 0 Å². The van der Waals surface area contributed by atoms with Gasteiger partial charge in [-0.1, -0.05) is 6.07 Å². The van der Waals surface area contributed by atoms with E-state index < -0.39 is 0 Å². The summed E-state index contributed by atoms with van der Waals surface area (Å²) in [5, 5.41) is 5.13. The Kier molecular flexibility index (Phi) is 4.88. The number of carbonyl (C=O) groups is 1. The van der Waals surface area contributed by atoms with Crippen LogP contribution in [0.4, 0.5) is 0 Å². The van der Waals surface area contributed by atoms with Crippen LogP contribution in [0, 0.1) is 6.92 Å². The Bertz CT molecular complexity index is 1410. The molecule has 5 aromatic rings. The molecule has 0 saturated carbocycles. The fourth-order valence-corrected chi connectivity index (χ4v) is 3.69. The van der Waals surface area contributed by atoms with E-state index in [0.717, 1.165) is 44.3 Å². The van der Waals surface area contributed by atoms with E-state index in [1.807, 2.05) is 43.6 Å². The summed E-state index contributed by atoms with van der Waals surface area (Å²) in [4.78, 5) is 29.1. The number of rotatable bonds is 5. The smallest absolute Gasteiger partial charge is 0.251 e. The van der Waals surface area contributed by atoms with Crippen LogP contribution in [-0.2, 0) is 13.0 Å². The second-order valence-corrected chi connectivity index (χ2v) is 7.68. The molecule has 4 heterocycles. The Hall–Kier alpha value is -4.06. The van der Waals surface area contributed by atoms with Crippen molar-refractivity contribution in [1.82, 2.24) is 25.3 Å². The Morgan fingerprint density at radius 2 is 1.87 bits per heavy atom. The maximum atomic E-state index is 12.7. The lowest BCUT2D eigenvalue weighted by atomic mass is 10.0. The molecule has 0 aliphatic carbocycles. The van der Waals surface area contributed by atoms with E-state index in [-0.39, 0.29) is 5.91 Å². The molecule has 31 heavy (non-hydrogen) atoms. The first-order valence-corrected chi connectivity index (χ1v) is 10.1. The molecule has 0 spiro atoms. The van der Waals surface area contributed by atoms with E-state index in [0.29, 0.717) is 18.5 Å². The lowest BCUT2D eigenvalue weighted by Crippen LogP contribution is -2.23. The summed E-state index contributed by atoms with van der Waals surface area (Å²) in [5.41, 5.74) is 6.47. The molecule has 5 rings (SSSR count). The summed E-state index contributed by atoms with van der Waals surface area (Å²) in [7, 11) is 0. The van der Waals surface area contributed by atoms with Crippen molar-refractivity contribution in [2.24, 2.45) is 0 Å². The standard InChI is InChI=1S/C25H21N5O/c1-16-8-20-9-17(2-3-23(20)29-13-16)10-21-12-19(5-6-26-21)25(31)30-14-22-11-18-4-7-27-24(18)15-28-22/h2-9,11-13,15,27H,10,14H2,1H3,(H,30,31). The Morgan fingerprint density at radius 1 is 0.935 bits per heavy atom. The molecule has 0 saturated heterocycles. The van der Waals surface area contributed by atoms with E-state index in [9.17, 15) is 4.79 Å². The van der Waals surface area contributed by atoms with Crippen molar-refractivity contribution in [3.05, 3.63) is 101 Å². The van der Waals surface area contributed by atoms with Crippen LogP contribution in [0.25, 0.3) is 21.8 Å². The van der Waals surface area contributed by atoms with Crippen LogP contribution in [0.1, 0.15) is 32.9 Å². The fraction of sp³-hybridized carbons (Fsp3) is 0.120. The van der Waals surface area contributed by atoms with Crippen LogP contribution >= 0.6 is 0 Å². The molecule has 0 radical (unpaired) electrons. The minimum atomic E-state index is -0.141. The number of nitrogens with zero attached hydrogens (tertiary/aromatic N) is 3. The van der Waals surface area contributed by atoms with Gasteiger partial charge in [0.2, 0.25) is 0 Å². The summed E-state index contributed by atoms with van der Waals surface area (Å²) >= 11 is 0. The Morgan fingerprint density at radius 3 is 2.81 bits per heavy atom. The summed E-state index contributed by atoms with van der Waals surface area (Å²) in [6, 6.07) is 15.9. The number of aryl methyl sites for hydroxylation is 1. The van der Waals surface area contributed by atoms with Crippen LogP contribution in [0.3, 0.4) is 0 Å². The zero-order valence-corrected chi connectivity index (χ0v) is 17.1. The molecule has 152 valence electrons. The molecule has 0 atom stereocenters. The van der Waals surface area contributed by atoms with Gasteiger partial charge in [-0.3, -0.25) is 19.7 Å². The molecular weight excluding hydrogens is 386 g/mol. The summed E-state index contributed by atoms with van der Waals surface area (Å²) in [6.07, 6.45) is 7.86. The normalized spacial score (nSPS) is 11.1. The molecule has 1 amide bonds. The molecule has 4 aromatic heterocycles. The highest BCUT2D eigenvalue weighted by atomic mass is 16.1. The zero-order valence-electron chi connectivity index (χ0n) is 17.1. The number of pyridine rings is 3. The zero-order chi connectivity index (χ0) is 21.2. The van der Waals surface area contributed by atoms with E-state index in [1.165, 1.54) is 0 Å². The van der Waals surface area contributed by atoms with Crippen LogP contribution in [0.5, 0.6) is 0 Å². The van der Waals surface area contributed by atoms with Gasteiger partial charge in [0.1, 0.15) is 0 Å². The number of benzene rings is 1. The molecular formula is C25H21N5O. The van der Waals surface area contributed by atoms with Crippen LogP contribution in [0.15, 0.2) is 73.3 Å². The minimum absolute atomic E-state index is 0.141. The summed E-state index contributed by atoms with van der Waals surface area (Å²) in [6.45, 7) is 2.41. The number of hydrogen-bond acceptors (Lipinski definition) is 4. The first-order chi connectivity index (χ1) is 15.1. The number of fused-ring (bicyclic) bond motifs is 2. The lowest BCUT2D eigenvalue weighted by Gasteiger charge is -2.08. The molecule has 0 aliphatic heterocycles. The largest absolute Gasteiger partial charge is 0.360 e. The van der Waals surface area contributed by atoms with Gasteiger partial charge in [0, 0.05) is 47.0 Å². The van der Waals surface area contributed by atoms with Crippen molar-refractivity contribution in [3.63, 3.8) is 0 Å². The number of nitrogens with one attached hydrogen (secondary N) is 2. The third-order valence-electron chi connectivity index (χ3n) is 5.27. The van der Waals surface area contributed by atoms with Crippen molar-refractivity contribution >= 4 is 27.7 Å². The average Bonchev–Trinajstić information content (AvgIpc) is 3.25. The molecule has 0 fully saturated rings. The van der Waals surface area contributed by atoms with Crippen molar-refractivity contribution < 1.29 is 4.79 Å². The van der Waals surface area contributed by atoms with Crippen LogP contribution in [-0.4, -0.2) is 25.8 Å². The van der Waals surface area contributed by atoms with E-state index in [1.54, 1.807) is 18.5 Å². The van der Waals surface area contributed by atoms with Gasteiger partial charge in [-0.05, 0) is 60.5 Å². The predicted octanol–water partition coefficient (Wildman–Crippen LogP) is 4.34. The number of amides is 1. The minimum Gasteiger partial charge on any atom is -0.360 e. The highest BCUT2D eigenvalue weighted by Gasteiger charge is 2.09. The van der Waals surface area contributed by atoms with Crippen molar-refractivity contribution in [2.75, 3.05) is 0 Å². The number of carbonyl (C=O) groups excluding carboxylic acids is 1. The highest BCUT2D eigenvalue weighted by molar-refractivity contribution is 5.94. The van der Waals surface area contributed by atoms with Gasteiger partial charge in [-0.2, -0.15) is 0 Å². The SMILES string of the molecule is Cc1cnc2ccc(Cc3cc(C(=O)NCc4cc5cc[nH]c5cn4)ccn3)cc2c1. The van der Waals surface area contributed by atoms with Gasteiger partial charge in [0.05, 0.1) is 29.5 Å². The van der Waals surface area contributed by atoms with Gasteiger partial charge >= 0.3 is 0 Å². The molecule has 0 bridgehead atoms. The predicted molar refractivity (Wildman–Crippen MR) is 121 cm³/mol. The molecule has 1 aromatic carbocycles. The van der Waals surface area contributed by atoms with Gasteiger partial charge in [0.25, 0.3) is 5.91 Å². The molecule has 2 N–H and O–H groups in total. The molecule has 6 nitrogen and oxygen atoms in total. The first-order valence-electron chi connectivity index (χ1n) is 10.1. The summed E-state index contributed by atoms with van der Waals surface area (Å²) in [5.74, 6) is -0.141. The number of hydrogen-bond donors (Lipinski definition) is 2. The van der Waals surface area contributed by atoms with Gasteiger partial charge in [0.15, 0.2) is 0 Å². The van der Waals surface area contributed by atoms with Crippen molar-refractivity contribution in [2.45, 2.75) is 19.9 Å². The summed E-state index contributed by atoms with van der Waals surface area (Å²) < 4.78 is 0. The third-order valence-corrected chi connectivity index (χ3v) is 5.27. The number of H-pyrrole nitrogens is 1. The molecule has 0 unspecified atom stereocenters. The fourth-order valence-electron chi connectivity index (χ4n) is 3.69. The molecule has 6 heteroatoms. The van der Waals surface area contributed by atoms with Crippen molar-refractivity contribution in [1.29, 1.82) is 0 Å². The first kappa shape index (κ1) is 18.9. The Labute approximate surface area is 179 Å². The monoisotopic (exact) mass is 407 g/mol. The maximum absolute atomic E-state index is 12.7. The number of aromatic nitrogens is 4. The van der Waals surface area contributed by atoms with Gasteiger partial charge in [-0.15, -0.1) is 0 Å². The van der Waals surface area contributed by atoms with Crippen molar-refractivity contribution in [3.8, 4) is 0 Å². The quantitative estimate of drug-likeness (QED) is 0.454.